The first-order valence-corrected chi connectivity index (χ1v) is 6.16. The predicted molar refractivity (Wildman–Crippen MR) is 67.3 cm³/mol. The molecule has 0 heterocycles. The molecule has 7 heteroatoms. The molecule has 1 aromatic rings. The number of carboxylic acid groups (broad SMARTS) is 1. The lowest BCUT2D eigenvalue weighted by atomic mass is 10.1. The van der Waals surface area contributed by atoms with Crippen LogP contribution in [0, 0.1) is 17.6 Å². The number of aromatic carboxylic acids is 1. The molecule has 5 nitrogen and oxygen atoms in total. The summed E-state index contributed by atoms with van der Waals surface area (Å²) in [6.07, 6.45) is 1.97. The van der Waals surface area contributed by atoms with Crippen molar-refractivity contribution < 1.29 is 23.5 Å². The van der Waals surface area contributed by atoms with Crippen molar-refractivity contribution in [3.05, 3.63) is 29.3 Å². The number of nitrogens with one attached hydrogen (secondary N) is 1. The molecule has 1 aliphatic rings. The van der Waals surface area contributed by atoms with Gasteiger partial charge in [0.25, 0.3) is 0 Å². The van der Waals surface area contributed by atoms with Gasteiger partial charge >= 0.3 is 5.97 Å². The number of carbonyl (C=O) groups excluding carboxylic acids is 1. The number of benzene rings is 1. The molecular formula is C13H14F2N2O3. The third-order valence-electron chi connectivity index (χ3n) is 3.21. The summed E-state index contributed by atoms with van der Waals surface area (Å²) in [5.41, 5.74) is 4.70. The van der Waals surface area contributed by atoms with E-state index in [9.17, 15) is 18.4 Å². The molecule has 1 aliphatic carbocycles. The highest BCUT2D eigenvalue weighted by molar-refractivity contribution is 5.94. The number of anilines is 1. The highest BCUT2D eigenvalue weighted by Crippen LogP contribution is 2.33. The van der Waals surface area contributed by atoms with Crippen molar-refractivity contribution in [2.45, 2.75) is 25.3 Å². The van der Waals surface area contributed by atoms with Gasteiger partial charge in [-0.1, -0.05) is 0 Å². The van der Waals surface area contributed by atoms with Crippen LogP contribution in [0.15, 0.2) is 12.1 Å². The predicted octanol–water partition coefficient (Wildman–Crippen LogP) is 1.73. The number of carbonyl (C=O) groups is 2. The van der Waals surface area contributed by atoms with Crippen LogP contribution in [0.3, 0.4) is 0 Å². The summed E-state index contributed by atoms with van der Waals surface area (Å²) < 4.78 is 26.7. The fourth-order valence-electron chi connectivity index (χ4n) is 1.92. The van der Waals surface area contributed by atoms with Crippen LogP contribution in [0.2, 0.25) is 0 Å². The van der Waals surface area contributed by atoms with Crippen LogP contribution >= 0.6 is 0 Å². The average molecular weight is 284 g/mol. The molecule has 1 aromatic carbocycles. The van der Waals surface area contributed by atoms with Crippen molar-refractivity contribution in [3.63, 3.8) is 0 Å². The molecule has 0 saturated heterocycles. The molecule has 1 atom stereocenters. The summed E-state index contributed by atoms with van der Waals surface area (Å²) in [5, 5.41) is 11.0. The van der Waals surface area contributed by atoms with Gasteiger partial charge in [0.05, 0.1) is 11.3 Å². The Labute approximate surface area is 113 Å². The van der Waals surface area contributed by atoms with Crippen LogP contribution in [0.25, 0.3) is 0 Å². The molecule has 1 amide bonds. The van der Waals surface area contributed by atoms with E-state index < -0.39 is 29.1 Å². The quantitative estimate of drug-likeness (QED) is 0.767. The second-order valence-corrected chi connectivity index (χ2v) is 4.87. The van der Waals surface area contributed by atoms with Crippen molar-refractivity contribution in [1.82, 2.24) is 0 Å². The lowest BCUT2D eigenvalue weighted by Gasteiger charge is -2.11. The van der Waals surface area contributed by atoms with Crippen molar-refractivity contribution in [3.8, 4) is 0 Å². The molecule has 1 saturated carbocycles. The number of amides is 1. The highest BCUT2D eigenvalue weighted by Gasteiger charge is 2.30. The van der Waals surface area contributed by atoms with Crippen LogP contribution in [0.4, 0.5) is 14.5 Å². The largest absolute Gasteiger partial charge is 0.478 e. The normalized spacial score (nSPS) is 15.8. The van der Waals surface area contributed by atoms with Gasteiger partial charge in [-0.3, -0.25) is 4.79 Å². The van der Waals surface area contributed by atoms with E-state index in [-0.39, 0.29) is 18.2 Å². The lowest BCUT2D eigenvalue weighted by Crippen LogP contribution is -2.29. The van der Waals surface area contributed by atoms with Crippen molar-refractivity contribution in [2.24, 2.45) is 11.7 Å². The zero-order chi connectivity index (χ0) is 14.9. The Hall–Kier alpha value is -2.02. The monoisotopic (exact) mass is 284 g/mol. The summed E-state index contributed by atoms with van der Waals surface area (Å²) in [5.74, 6) is -3.96. The summed E-state index contributed by atoms with van der Waals surface area (Å²) >= 11 is 0. The SMILES string of the molecule is NC(CC(=O)Nc1cc(C(=O)O)c(F)cc1F)C1CC1. The topological polar surface area (TPSA) is 92.4 Å². The van der Waals surface area contributed by atoms with Gasteiger partial charge < -0.3 is 16.2 Å². The number of hydrogen-bond acceptors (Lipinski definition) is 3. The van der Waals surface area contributed by atoms with E-state index in [0.717, 1.165) is 18.9 Å². The second-order valence-electron chi connectivity index (χ2n) is 4.87. The fourth-order valence-corrected chi connectivity index (χ4v) is 1.92. The van der Waals surface area contributed by atoms with Gasteiger partial charge in [-0.15, -0.1) is 0 Å². The number of halogens is 2. The minimum atomic E-state index is -1.53. The number of nitrogens with two attached hydrogens (primary N) is 1. The molecule has 0 aromatic heterocycles. The molecular weight excluding hydrogens is 270 g/mol. The molecule has 1 unspecified atom stereocenters. The van der Waals surface area contributed by atoms with Crippen LogP contribution < -0.4 is 11.1 Å². The first-order chi connectivity index (χ1) is 9.38. The fraction of sp³-hybridized carbons (Fsp3) is 0.385. The Bertz CT molecular complexity index is 559. The average Bonchev–Trinajstić information content (AvgIpc) is 3.15. The molecule has 4 N–H and O–H groups in total. The highest BCUT2D eigenvalue weighted by atomic mass is 19.1. The van der Waals surface area contributed by atoms with E-state index in [1.54, 1.807) is 0 Å². The lowest BCUT2D eigenvalue weighted by molar-refractivity contribution is -0.116. The summed E-state index contributed by atoms with van der Waals surface area (Å²) in [4.78, 5) is 22.4. The van der Waals surface area contributed by atoms with Crippen LogP contribution in [0.5, 0.6) is 0 Å². The first kappa shape index (κ1) is 14.4. The molecule has 0 aliphatic heterocycles. The summed E-state index contributed by atoms with van der Waals surface area (Å²) in [7, 11) is 0. The van der Waals surface area contributed by atoms with Gasteiger partial charge in [-0.05, 0) is 24.8 Å². The Morgan fingerprint density at radius 2 is 2.00 bits per heavy atom. The van der Waals surface area contributed by atoms with Gasteiger partial charge in [0, 0.05) is 18.5 Å². The van der Waals surface area contributed by atoms with Gasteiger partial charge in [-0.2, -0.15) is 0 Å². The van der Waals surface area contributed by atoms with Crippen LogP contribution in [-0.2, 0) is 4.79 Å². The van der Waals surface area contributed by atoms with E-state index in [2.05, 4.69) is 5.32 Å². The van der Waals surface area contributed by atoms with Gasteiger partial charge in [0.15, 0.2) is 0 Å². The maximum absolute atomic E-state index is 13.5. The van der Waals surface area contributed by atoms with Crippen molar-refractivity contribution >= 4 is 17.6 Å². The van der Waals surface area contributed by atoms with E-state index >= 15 is 0 Å². The summed E-state index contributed by atoms with van der Waals surface area (Å²) in [6, 6.07) is 0.894. The molecule has 0 radical (unpaired) electrons. The molecule has 2 rings (SSSR count). The zero-order valence-electron chi connectivity index (χ0n) is 10.5. The Morgan fingerprint density at radius 1 is 1.35 bits per heavy atom. The maximum Gasteiger partial charge on any atom is 0.338 e. The van der Waals surface area contributed by atoms with E-state index in [1.807, 2.05) is 0 Å². The molecule has 0 bridgehead atoms. The number of rotatable bonds is 5. The second kappa shape index (κ2) is 5.54. The minimum absolute atomic E-state index is 0.0177. The summed E-state index contributed by atoms with van der Waals surface area (Å²) in [6.45, 7) is 0. The van der Waals surface area contributed by atoms with Gasteiger partial charge in [0.2, 0.25) is 5.91 Å². The molecule has 20 heavy (non-hydrogen) atoms. The van der Waals surface area contributed by atoms with Crippen molar-refractivity contribution in [1.29, 1.82) is 0 Å². The molecule has 108 valence electrons. The maximum atomic E-state index is 13.5. The van der Waals surface area contributed by atoms with Crippen LogP contribution in [-0.4, -0.2) is 23.0 Å². The van der Waals surface area contributed by atoms with Crippen LogP contribution in [0.1, 0.15) is 29.6 Å². The number of hydrogen-bond donors (Lipinski definition) is 3. The van der Waals surface area contributed by atoms with Gasteiger partial charge in [-0.25, -0.2) is 13.6 Å². The zero-order valence-corrected chi connectivity index (χ0v) is 10.5. The Balaban J connectivity index is 2.09. The third kappa shape index (κ3) is 3.30. The smallest absolute Gasteiger partial charge is 0.338 e. The minimum Gasteiger partial charge on any atom is -0.478 e. The van der Waals surface area contributed by atoms with Crippen molar-refractivity contribution in [2.75, 3.05) is 5.32 Å². The van der Waals surface area contributed by atoms with Gasteiger partial charge in [0.1, 0.15) is 11.6 Å². The van der Waals surface area contributed by atoms with E-state index in [4.69, 9.17) is 10.8 Å². The Kier molecular flexibility index (Phi) is 3.99. The molecule has 0 spiro atoms. The first-order valence-electron chi connectivity index (χ1n) is 6.16. The standard InChI is InChI=1S/C13H14F2N2O3/c14-8-4-9(15)11(3-7(8)13(19)20)17-12(18)5-10(16)6-1-2-6/h3-4,6,10H,1-2,5,16H2,(H,17,18)(H,19,20). The number of carboxylic acids is 1. The Morgan fingerprint density at radius 3 is 2.55 bits per heavy atom. The van der Waals surface area contributed by atoms with E-state index in [1.165, 1.54) is 0 Å². The molecule has 1 fully saturated rings. The third-order valence-corrected chi connectivity index (χ3v) is 3.21. The van der Waals surface area contributed by atoms with E-state index in [0.29, 0.717) is 12.0 Å².